The number of imidazole rings is 3. The average Bonchev–Trinajstić information content (AvgIpc) is 1.64. The SMILES string of the molecule is Cn1ccnc1-c1cc2nccc(Oc3ccc(CC(=O)CSc4ccc(F)cc4)cc3F)c2s1.Cn1ccnc1-c1cc2nccc(Oc3ccc(N)cc3F)c2s1.Cn1ccnc1-c1cc2nccc(Oc3ccc(NC(=O)CS(=O)(=O)c4ccc(F)cc4)cc3F)c2s1.O=C(O)CSc1ccc(F)cc1. The first-order chi connectivity index (χ1) is 51.9. The van der Waals surface area contributed by atoms with Gasteiger partial charge in [0.1, 0.15) is 63.7 Å². The summed E-state index contributed by atoms with van der Waals surface area (Å²) < 4.78 is 132. The molecular formula is C76H57F6N11O9S6. The summed E-state index contributed by atoms with van der Waals surface area (Å²) in [7, 11) is 1.73. The van der Waals surface area contributed by atoms with E-state index in [-0.39, 0.29) is 63.2 Å². The van der Waals surface area contributed by atoms with E-state index >= 15 is 0 Å². The lowest BCUT2D eigenvalue weighted by Crippen LogP contribution is -2.23. The number of carboxylic acid groups (broad SMARTS) is 1. The smallest absolute Gasteiger partial charge is 0.313 e. The molecule has 15 rings (SSSR count). The third kappa shape index (κ3) is 19.3. The lowest BCUT2D eigenvalue weighted by atomic mass is 10.1. The molecule has 0 atom stereocenters. The molecule has 0 aliphatic carbocycles. The molecule has 0 saturated heterocycles. The van der Waals surface area contributed by atoms with E-state index < -0.39 is 50.7 Å². The number of benzene rings is 6. The molecular weight excluding hydrogens is 1520 g/mol. The molecule has 15 aromatic rings. The van der Waals surface area contributed by atoms with Gasteiger partial charge < -0.3 is 44.1 Å². The molecule has 20 nitrogen and oxygen atoms in total. The van der Waals surface area contributed by atoms with Crippen molar-refractivity contribution in [2.75, 3.05) is 28.3 Å². The summed E-state index contributed by atoms with van der Waals surface area (Å²) in [6.07, 6.45) is 15.7. The standard InChI is InChI=1S/C26H19F2N3O2S2.C25H18F2N4O4S2.C17H13FN4OS.C8H7FO2S/c1-31-11-10-30-26(31)24-14-21-25(35-24)23(8-9-29-21)33-22-7-2-16(13-20(22)28)12-18(32)15-34-19-5-3-17(27)4-6-19;1-31-11-10-29-25(31)22-13-19-24(36-22)21(8-9-28-19)35-20-7-4-16(12-18(20)27)30-23(32)14-37(33,34)17-5-2-15(26)3-6-17;1-22-7-6-21-17(22)15-9-12-16(24-15)14(4-5-20-12)23-13-3-2-10(19)8-11(13)18;9-6-1-3-7(4-2-6)12-5-8(10)11/h2-11,13-14H,12,15H2,1H3;2-13H,14H2,1H3,(H,30,32);2-9H,19H2,1H3;1-4H,5H2,(H,10,11). The first-order valence-corrected chi connectivity index (χ1v) is 38.1. The van der Waals surface area contributed by atoms with Crippen molar-refractivity contribution in [3.8, 4) is 66.6 Å². The Morgan fingerprint density at radius 2 is 0.870 bits per heavy atom. The van der Waals surface area contributed by atoms with Crippen molar-refractivity contribution in [2.24, 2.45) is 21.1 Å². The van der Waals surface area contributed by atoms with Crippen molar-refractivity contribution < 1.29 is 68.5 Å². The largest absolute Gasteiger partial charge is 0.481 e. The summed E-state index contributed by atoms with van der Waals surface area (Å²) in [5, 5.41) is 10.7. The predicted molar refractivity (Wildman–Crippen MR) is 407 cm³/mol. The Kier molecular flexibility index (Phi) is 24.1. The number of carboxylic acids is 1. The number of hydrogen-bond donors (Lipinski definition) is 3. The minimum atomic E-state index is -4.00. The van der Waals surface area contributed by atoms with Crippen molar-refractivity contribution in [1.29, 1.82) is 0 Å². The number of thiophene rings is 3. The number of pyridine rings is 3. The molecule has 0 aliphatic rings. The van der Waals surface area contributed by atoms with Crippen LogP contribution in [0, 0.1) is 34.9 Å². The van der Waals surface area contributed by atoms with Crippen LogP contribution in [0.2, 0.25) is 0 Å². The monoisotopic (exact) mass is 1570 g/mol. The number of nitrogen functional groups attached to an aromatic ring is 1. The van der Waals surface area contributed by atoms with Crippen LogP contribution in [-0.2, 0) is 51.8 Å². The number of aliphatic carboxylic acids is 1. The Hall–Kier alpha value is -11.7. The molecule has 9 aromatic heterocycles. The van der Waals surface area contributed by atoms with Crippen molar-refractivity contribution in [3.05, 3.63) is 260 Å². The molecule has 0 unspecified atom stereocenters. The minimum Gasteiger partial charge on any atom is -0.481 e. The molecule has 0 fully saturated rings. The number of ether oxygens (including phenoxy) is 3. The van der Waals surface area contributed by atoms with Crippen LogP contribution in [0.15, 0.2) is 234 Å². The van der Waals surface area contributed by atoms with Crippen molar-refractivity contribution >= 4 is 127 Å². The number of fused-ring (bicyclic) bond motifs is 3. The van der Waals surface area contributed by atoms with E-state index in [0.29, 0.717) is 38.7 Å². The Morgan fingerprint density at radius 1 is 0.472 bits per heavy atom. The second-order valence-corrected chi connectivity index (χ2v) is 30.5. The van der Waals surface area contributed by atoms with Crippen LogP contribution in [0.3, 0.4) is 0 Å². The van der Waals surface area contributed by atoms with Crippen LogP contribution in [0.1, 0.15) is 5.56 Å². The number of nitrogens with zero attached hydrogens (tertiary/aromatic N) is 9. The Labute approximate surface area is 632 Å². The van der Waals surface area contributed by atoms with Gasteiger partial charge in [0.25, 0.3) is 0 Å². The Morgan fingerprint density at radius 3 is 1.27 bits per heavy atom. The van der Waals surface area contributed by atoms with Gasteiger partial charge in [-0.2, -0.15) is 0 Å². The lowest BCUT2D eigenvalue weighted by Gasteiger charge is -2.10. The number of hydrogen-bond acceptors (Lipinski definition) is 20. The van der Waals surface area contributed by atoms with Gasteiger partial charge in [0.2, 0.25) is 5.91 Å². The van der Waals surface area contributed by atoms with E-state index in [9.17, 15) is 49.1 Å². The summed E-state index contributed by atoms with van der Waals surface area (Å²) in [6.45, 7) is 0. The van der Waals surface area contributed by atoms with Gasteiger partial charge in [-0.15, -0.1) is 57.5 Å². The number of aryl methyl sites for hydroxylation is 3. The fraction of sp³-hybridized carbons (Fsp3) is 0.0921. The van der Waals surface area contributed by atoms with E-state index in [1.165, 1.54) is 118 Å². The number of halogens is 6. The Bertz CT molecular complexity index is 5880. The highest BCUT2D eigenvalue weighted by Gasteiger charge is 2.23. The number of anilines is 2. The molecule has 1 amide bonds. The van der Waals surface area contributed by atoms with Gasteiger partial charge in [-0.05, 0) is 133 Å². The van der Waals surface area contributed by atoms with Crippen LogP contribution in [0.25, 0.3) is 62.8 Å². The number of amides is 1. The molecule has 548 valence electrons. The maximum atomic E-state index is 14.9. The third-order valence-electron chi connectivity index (χ3n) is 15.4. The fourth-order valence-electron chi connectivity index (χ4n) is 10.2. The molecule has 32 heteroatoms. The number of carbonyl (C=O) groups excluding carboxylic acids is 2. The molecule has 9 heterocycles. The molecule has 0 saturated carbocycles. The van der Waals surface area contributed by atoms with Crippen molar-refractivity contribution in [1.82, 2.24) is 43.6 Å². The topological polar surface area (TPSA) is 263 Å². The van der Waals surface area contributed by atoms with Gasteiger partial charge in [0.05, 0.1) is 61.7 Å². The zero-order valence-electron chi connectivity index (χ0n) is 56.6. The number of Topliss-reactive ketones (excluding diaryl/α,β-unsaturated/α-hetero) is 1. The van der Waals surface area contributed by atoms with Crippen molar-refractivity contribution in [2.45, 2.75) is 21.1 Å². The highest BCUT2D eigenvalue weighted by molar-refractivity contribution is 8.00. The minimum absolute atomic E-state index is 0.00559. The van der Waals surface area contributed by atoms with E-state index in [1.54, 1.807) is 91.8 Å². The normalized spacial score (nSPS) is 11.1. The van der Waals surface area contributed by atoms with Gasteiger partial charge in [-0.3, -0.25) is 29.3 Å². The molecule has 108 heavy (non-hydrogen) atoms. The van der Waals surface area contributed by atoms with Crippen molar-refractivity contribution in [3.63, 3.8) is 0 Å². The molecule has 4 N–H and O–H groups in total. The number of sulfone groups is 1. The van der Waals surface area contributed by atoms with E-state index in [1.807, 2.05) is 71.6 Å². The summed E-state index contributed by atoms with van der Waals surface area (Å²) in [5.74, 6) is -1.49. The number of nitrogens with two attached hydrogens (primary N) is 1. The first-order valence-electron chi connectivity index (χ1n) is 32.0. The Balaban J connectivity index is 0.000000143. The average molecular weight is 1570 g/mol. The summed E-state index contributed by atoms with van der Waals surface area (Å²) in [5.41, 5.74) is 8.74. The highest BCUT2D eigenvalue weighted by Crippen LogP contribution is 2.43. The zero-order chi connectivity index (χ0) is 76.2. The predicted octanol–water partition coefficient (Wildman–Crippen LogP) is 18.1. The van der Waals surface area contributed by atoms with Crippen LogP contribution in [-0.4, -0.2) is 92.0 Å². The first kappa shape index (κ1) is 76.0. The quantitative estimate of drug-likeness (QED) is 0.0261. The van der Waals surface area contributed by atoms with Gasteiger partial charge >= 0.3 is 5.97 Å². The van der Waals surface area contributed by atoms with Gasteiger partial charge in [0, 0.05) is 135 Å². The summed E-state index contributed by atoms with van der Waals surface area (Å²) in [6, 6.07) is 39.3. The van der Waals surface area contributed by atoms with Crippen LogP contribution >= 0.6 is 57.5 Å². The fourth-order valence-corrected chi connectivity index (χ4v) is 16.0. The van der Waals surface area contributed by atoms with Gasteiger partial charge in [-0.1, -0.05) is 6.07 Å². The molecule has 0 spiro atoms. The van der Waals surface area contributed by atoms with E-state index in [0.717, 1.165) is 92.7 Å². The number of rotatable bonds is 21. The second kappa shape index (κ2) is 34.3. The lowest BCUT2D eigenvalue weighted by molar-refractivity contribution is -0.134. The second-order valence-electron chi connectivity index (χ2n) is 23.2. The van der Waals surface area contributed by atoms with E-state index in [2.05, 4.69) is 35.2 Å². The van der Waals surface area contributed by atoms with Gasteiger partial charge in [-0.25, -0.2) is 49.7 Å². The highest BCUT2D eigenvalue weighted by atomic mass is 32.2. The summed E-state index contributed by atoms with van der Waals surface area (Å²) >= 11 is 6.88. The third-order valence-corrected chi connectivity index (χ3v) is 22.5. The number of nitrogens with one attached hydrogen (secondary N) is 1. The molecule has 0 aliphatic heterocycles. The number of carbonyl (C=O) groups is 3. The number of ketones is 1. The molecule has 0 radical (unpaired) electrons. The number of aromatic nitrogens is 9. The van der Waals surface area contributed by atoms with Gasteiger partial charge in [0.15, 0.2) is 44.5 Å². The zero-order valence-corrected chi connectivity index (χ0v) is 61.5. The van der Waals surface area contributed by atoms with Crippen LogP contribution in [0.4, 0.5) is 37.7 Å². The number of thioether (sulfide) groups is 2. The van der Waals surface area contributed by atoms with Crippen LogP contribution < -0.4 is 25.3 Å². The summed E-state index contributed by atoms with van der Waals surface area (Å²) in [4.78, 5) is 65.1. The maximum Gasteiger partial charge on any atom is 0.313 e. The molecule has 0 bridgehead atoms. The maximum absolute atomic E-state index is 14.9. The van der Waals surface area contributed by atoms with E-state index in [4.69, 9.17) is 25.1 Å². The van der Waals surface area contributed by atoms with Crippen LogP contribution in [0.5, 0.6) is 34.5 Å². The molecule has 6 aromatic carbocycles.